The highest BCUT2D eigenvalue weighted by atomic mass is 16.1. The molecular weight excluding hydrogens is 224 g/mol. The summed E-state index contributed by atoms with van der Waals surface area (Å²) in [6.45, 7) is 4.68. The SMILES string of the molecule is CC(=O)Nc1ccccc1CNC1CCCC1C. The Morgan fingerprint density at radius 2 is 2.11 bits per heavy atom. The number of nitrogens with one attached hydrogen (secondary N) is 2. The number of amides is 1. The molecule has 0 bridgehead atoms. The maximum absolute atomic E-state index is 11.1. The summed E-state index contributed by atoms with van der Waals surface area (Å²) in [5.74, 6) is 0.745. The summed E-state index contributed by atoms with van der Waals surface area (Å²) in [7, 11) is 0. The molecule has 1 saturated carbocycles. The monoisotopic (exact) mass is 246 g/mol. The van der Waals surface area contributed by atoms with Gasteiger partial charge in [-0.15, -0.1) is 0 Å². The van der Waals surface area contributed by atoms with Gasteiger partial charge < -0.3 is 10.6 Å². The van der Waals surface area contributed by atoms with Crippen LogP contribution in [0.15, 0.2) is 24.3 Å². The van der Waals surface area contributed by atoms with Crippen molar-refractivity contribution >= 4 is 11.6 Å². The van der Waals surface area contributed by atoms with E-state index in [1.807, 2.05) is 18.2 Å². The molecular formula is C15H22N2O. The van der Waals surface area contributed by atoms with Crippen LogP contribution in [-0.4, -0.2) is 11.9 Å². The molecule has 1 aliphatic carbocycles. The van der Waals surface area contributed by atoms with Gasteiger partial charge in [-0.3, -0.25) is 4.79 Å². The number of rotatable bonds is 4. The van der Waals surface area contributed by atoms with Gasteiger partial charge in [-0.25, -0.2) is 0 Å². The van der Waals surface area contributed by atoms with Crippen molar-refractivity contribution in [3.8, 4) is 0 Å². The van der Waals surface area contributed by atoms with E-state index in [-0.39, 0.29) is 5.91 Å². The van der Waals surface area contributed by atoms with E-state index in [1.165, 1.54) is 19.3 Å². The highest BCUT2D eigenvalue weighted by molar-refractivity contribution is 5.89. The highest BCUT2D eigenvalue weighted by Crippen LogP contribution is 2.25. The van der Waals surface area contributed by atoms with Crippen molar-refractivity contribution in [3.05, 3.63) is 29.8 Å². The van der Waals surface area contributed by atoms with Gasteiger partial charge in [-0.1, -0.05) is 31.5 Å². The topological polar surface area (TPSA) is 41.1 Å². The second kappa shape index (κ2) is 6.01. The molecule has 3 nitrogen and oxygen atoms in total. The van der Waals surface area contributed by atoms with E-state index in [0.29, 0.717) is 6.04 Å². The lowest BCUT2D eigenvalue weighted by atomic mass is 10.1. The minimum atomic E-state index is -0.0170. The predicted molar refractivity (Wildman–Crippen MR) is 74.4 cm³/mol. The zero-order chi connectivity index (χ0) is 13.0. The van der Waals surface area contributed by atoms with E-state index in [2.05, 4.69) is 23.6 Å². The van der Waals surface area contributed by atoms with Crippen LogP contribution in [0.4, 0.5) is 5.69 Å². The predicted octanol–water partition coefficient (Wildman–Crippen LogP) is 2.92. The van der Waals surface area contributed by atoms with Gasteiger partial charge in [-0.05, 0) is 30.4 Å². The molecule has 98 valence electrons. The first kappa shape index (κ1) is 13.1. The molecule has 1 aliphatic rings. The minimum Gasteiger partial charge on any atom is -0.326 e. The summed E-state index contributed by atoms with van der Waals surface area (Å²) >= 11 is 0. The Labute approximate surface area is 109 Å². The zero-order valence-corrected chi connectivity index (χ0v) is 11.2. The smallest absolute Gasteiger partial charge is 0.221 e. The molecule has 2 rings (SSSR count). The number of para-hydroxylation sites is 1. The van der Waals surface area contributed by atoms with E-state index in [1.54, 1.807) is 6.92 Å². The first-order valence-electron chi connectivity index (χ1n) is 6.75. The Kier molecular flexibility index (Phi) is 4.37. The van der Waals surface area contributed by atoms with Gasteiger partial charge in [0.2, 0.25) is 5.91 Å². The maximum Gasteiger partial charge on any atom is 0.221 e. The molecule has 2 unspecified atom stereocenters. The average Bonchev–Trinajstić information content (AvgIpc) is 2.73. The molecule has 0 radical (unpaired) electrons. The van der Waals surface area contributed by atoms with Crippen LogP contribution in [0.2, 0.25) is 0 Å². The second-order valence-electron chi connectivity index (χ2n) is 5.23. The van der Waals surface area contributed by atoms with E-state index < -0.39 is 0 Å². The molecule has 0 spiro atoms. The summed E-state index contributed by atoms with van der Waals surface area (Å²) in [4.78, 5) is 11.1. The fraction of sp³-hybridized carbons (Fsp3) is 0.533. The van der Waals surface area contributed by atoms with Crippen LogP contribution >= 0.6 is 0 Å². The van der Waals surface area contributed by atoms with Crippen LogP contribution < -0.4 is 10.6 Å². The van der Waals surface area contributed by atoms with Crippen molar-refractivity contribution < 1.29 is 4.79 Å². The lowest BCUT2D eigenvalue weighted by Gasteiger charge is -2.18. The summed E-state index contributed by atoms with van der Waals surface area (Å²) in [5.41, 5.74) is 2.08. The Morgan fingerprint density at radius 3 is 2.78 bits per heavy atom. The highest BCUT2D eigenvalue weighted by Gasteiger charge is 2.22. The van der Waals surface area contributed by atoms with Gasteiger partial charge in [0.25, 0.3) is 0 Å². The van der Waals surface area contributed by atoms with Gasteiger partial charge in [0.1, 0.15) is 0 Å². The third-order valence-corrected chi connectivity index (χ3v) is 3.74. The number of hydrogen-bond donors (Lipinski definition) is 2. The van der Waals surface area contributed by atoms with Crippen LogP contribution in [0.3, 0.4) is 0 Å². The Balaban J connectivity index is 1.97. The van der Waals surface area contributed by atoms with Gasteiger partial charge in [0.05, 0.1) is 0 Å². The molecule has 1 amide bonds. The van der Waals surface area contributed by atoms with E-state index >= 15 is 0 Å². The fourth-order valence-electron chi connectivity index (χ4n) is 2.68. The normalized spacial score (nSPS) is 23.0. The van der Waals surface area contributed by atoms with Gasteiger partial charge in [0, 0.05) is 25.2 Å². The van der Waals surface area contributed by atoms with Gasteiger partial charge in [-0.2, -0.15) is 0 Å². The van der Waals surface area contributed by atoms with Crippen molar-refractivity contribution in [1.29, 1.82) is 0 Å². The van der Waals surface area contributed by atoms with Crippen LogP contribution in [0.5, 0.6) is 0 Å². The lowest BCUT2D eigenvalue weighted by Crippen LogP contribution is -2.30. The quantitative estimate of drug-likeness (QED) is 0.857. The average molecular weight is 246 g/mol. The van der Waals surface area contributed by atoms with Crippen LogP contribution in [0.25, 0.3) is 0 Å². The number of carbonyl (C=O) groups is 1. The van der Waals surface area contributed by atoms with E-state index in [0.717, 1.165) is 23.7 Å². The van der Waals surface area contributed by atoms with Crippen molar-refractivity contribution in [2.24, 2.45) is 5.92 Å². The standard InChI is InChI=1S/C15H22N2O/c1-11-6-5-9-14(11)16-10-13-7-3-4-8-15(13)17-12(2)18/h3-4,7-8,11,14,16H,5-6,9-10H2,1-2H3,(H,17,18). The van der Waals surface area contributed by atoms with E-state index in [4.69, 9.17) is 0 Å². The zero-order valence-electron chi connectivity index (χ0n) is 11.2. The second-order valence-corrected chi connectivity index (χ2v) is 5.23. The maximum atomic E-state index is 11.1. The summed E-state index contributed by atoms with van der Waals surface area (Å²) < 4.78 is 0. The molecule has 2 N–H and O–H groups in total. The summed E-state index contributed by atoms with van der Waals surface area (Å²) in [6.07, 6.45) is 3.92. The number of benzene rings is 1. The number of carbonyl (C=O) groups excluding carboxylic acids is 1. The largest absolute Gasteiger partial charge is 0.326 e. The summed E-state index contributed by atoms with van der Waals surface area (Å²) in [5, 5.41) is 6.49. The Hall–Kier alpha value is -1.35. The van der Waals surface area contributed by atoms with Crippen molar-refractivity contribution in [1.82, 2.24) is 5.32 Å². The minimum absolute atomic E-state index is 0.0170. The Bertz CT molecular complexity index is 417. The first-order chi connectivity index (χ1) is 8.66. The molecule has 0 aromatic heterocycles. The summed E-state index contributed by atoms with van der Waals surface area (Å²) in [6, 6.07) is 8.61. The molecule has 2 atom stereocenters. The van der Waals surface area contributed by atoms with Crippen molar-refractivity contribution in [3.63, 3.8) is 0 Å². The molecule has 0 aliphatic heterocycles. The van der Waals surface area contributed by atoms with Crippen LogP contribution in [-0.2, 0) is 11.3 Å². The molecule has 3 heteroatoms. The molecule has 1 aromatic rings. The van der Waals surface area contributed by atoms with Gasteiger partial charge >= 0.3 is 0 Å². The Morgan fingerprint density at radius 1 is 1.33 bits per heavy atom. The lowest BCUT2D eigenvalue weighted by molar-refractivity contribution is -0.114. The molecule has 1 fully saturated rings. The molecule has 18 heavy (non-hydrogen) atoms. The van der Waals surface area contributed by atoms with E-state index in [9.17, 15) is 4.79 Å². The molecule has 1 aromatic carbocycles. The molecule has 0 heterocycles. The first-order valence-corrected chi connectivity index (χ1v) is 6.75. The number of anilines is 1. The van der Waals surface area contributed by atoms with Crippen LogP contribution in [0, 0.1) is 5.92 Å². The third kappa shape index (κ3) is 3.33. The van der Waals surface area contributed by atoms with Crippen molar-refractivity contribution in [2.45, 2.75) is 45.7 Å². The third-order valence-electron chi connectivity index (χ3n) is 3.74. The van der Waals surface area contributed by atoms with Crippen LogP contribution in [0.1, 0.15) is 38.7 Å². The number of hydrogen-bond acceptors (Lipinski definition) is 2. The fourth-order valence-corrected chi connectivity index (χ4v) is 2.68. The van der Waals surface area contributed by atoms with Gasteiger partial charge in [0.15, 0.2) is 0 Å². The molecule has 0 saturated heterocycles. The van der Waals surface area contributed by atoms with Crippen molar-refractivity contribution in [2.75, 3.05) is 5.32 Å².